The summed E-state index contributed by atoms with van der Waals surface area (Å²) in [5, 5.41) is 1.00. The lowest BCUT2D eigenvalue weighted by Crippen LogP contribution is -2.27. The van der Waals surface area contributed by atoms with Crippen molar-refractivity contribution >= 4 is 23.2 Å². The van der Waals surface area contributed by atoms with Crippen molar-refractivity contribution < 1.29 is 0 Å². The molecule has 18 heavy (non-hydrogen) atoms. The van der Waals surface area contributed by atoms with E-state index in [0.717, 1.165) is 30.6 Å². The molecular formula is C14H20Cl2N2. The van der Waals surface area contributed by atoms with Gasteiger partial charge in [0.05, 0.1) is 0 Å². The fraction of sp³-hybridized carbons (Fsp3) is 0.643. The predicted octanol–water partition coefficient (Wildman–Crippen LogP) is 4.40. The average Bonchev–Trinajstić information content (AvgIpc) is 3.10. The molecule has 1 fully saturated rings. The molecule has 100 valence electrons. The van der Waals surface area contributed by atoms with E-state index in [2.05, 4.69) is 23.7 Å². The molecular weight excluding hydrogens is 267 g/mol. The number of hydrogen-bond donors (Lipinski definition) is 0. The van der Waals surface area contributed by atoms with E-state index in [1.807, 2.05) is 12.1 Å². The quantitative estimate of drug-likeness (QED) is 0.721. The molecule has 0 aliphatic heterocycles. The molecule has 0 atom stereocenters. The largest absolute Gasteiger partial charge is 0.296 e. The van der Waals surface area contributed by atoms with E-state index in [-0.39, 0.29) is 0 Å². The number of hydrogen-bond acceptors (Lipinski definition) is 2. The van der Waals surface area contributed by atoms with Gasteiger partial charge in [-0.25, -0.2) is 4.98 Å². The summed E-state index contributed by atoms with van der Waals surface area (Å²) in [4.78, 5) is 6.63. The van der Waals surface area contributed by atoms with Crippen molar-refractivity contribution in [3.8, 4) is 0 Å². The van der Waals surface area contributed by atoms with E-state index in [1.165, 1.54) is 19.3 Å². The van der Waals surface area contributed by atoms with Crippen LogP contribution in [0.15, 0.2) is 12.1 Å². The molecule has 1 heterocycles. The van der Waals surface area contributed by atoms with Gasteiger partial charge in [0.25, 0.3) is 0 Å². The summed E-state index contributed by atoms with van der Waals surface area (Å²) >= 11 is 12.0. The maximum Gasteiger partial charge on any atom is 0.135 e. The second-order valence-corrected chi connectivity index (χ2v) is 6.21. The van der Waals surface area contributed by atoms with Crippen molar-refractivity contribution in [2.24, 2.45) is 5.92 Å². The summed E-state index contributed by atoms with van der Waals surface area (Å²) in [5.74, 6) is 0.741. The Bertz CT molecular complexity index is 403. The molecule has 4 heteroatoms. The van der Waals surface area contributed by atoms with Gasteiger partial charge in [-0.05, 0) is 37.8 Å². The molecule has 1 aliphatic rings. The van der Waals surface area contributed by atoms with Gasteiger partial charge in [-0.15, -0.1) is 0 Å². The third-order valence-corrected chi connectivity index (χ3v) is 3.86. The van der Waals surface area contributed by atoms with Gasteiger partial charge in [0.1, 0.15) is 10.3 Å². The minimum atomic E-state index is 0.462. The van der Waals surface area contributed by atoms with Gasteiger partial charge in [-0.3, -0.25) is 4.90 Å². The van der Waals surface area contributed by atoms with Gasteiger partial charge >= 0.3 is 0 Å². The molecule has 0 bridgehead atoms. The fourth-order valence-electron chi connectivity index (χ4n) is 2.03. The summed E-state index contributed by atoms with van der Waals surface area (Å²) in [7, 11) is 0. The van der Waals surface area contributed by atoms with Crippen LogP contribution in [0.3, 0.4) is 0 Å². The number of halogens is 2. The maximum atomic E-state index is 6.14. The van der Waals surface area contributed by atoms with Gasteiger partial charge in [-0.1, -0.05) is 43.1 Å². The van der Waals surface area contributed by atoms with Crippen molar-refractivity contribution in [1.29, 1.82) is 0 Å². The zero-order valence-corrected chi connectivity index (χ0v) is 12.5. The highest BCUT2D eigenvalue weighted by Gasteiger charge is 2.29. The smallest absolute Gasteiger partial charge is 0.135 e. The van der Waals surface area contributed by atoms with Crippen LogP contribution in [-0.4, -0.2) is 22.5 Å². The Morgan fingerprint density at radius 3 is 2.61 bits per heavy atom. The molecule has 2 nitrogen and oxygen atoms in total. The SMILES string of the molecule is CC(C)CCN(Cc1ccc(Cl)nc1Cl)C1CC1. The maximum absolute atomic E-state index is 6.14. The number of aromatic nitrogens is 1. The highest BCUT2D eigenvalue weighted by atomic mass is 35.5. The third-order valence-electron chi connectivity index (χ3n) is 3.32. The first-order valence-corrected chi connectivity index (χ1v) is 7.37. The van der Waals surface area contributed by atoms with E-state index >= 15 is 0 Å². The lowest BCUT2D eigenvalue weighted by Gasteiger charge is -2.23. The van der Waals surface area contributed by atoms with Crippen LogP contribution >= 0.6 is 23.2 Å². The van der Waals surface area contributed by atoms with Crippen molar-refractivity contribution in [1.82, 2.24) is 9.88 Å². The molecule has 0 amide bonds. The van der Waals surface area contributed by atoms with E-state index in [1.54, 1.807) is 0 Å². The van der Waals surface area contributed by atoms with Gasteiger partial charge in [-0.2, -0.15) is 0 Å². The Labute approximate surface area is 119 Å². The molecule has 1 aliphatic carbocycles. The van der Waals surface area contributed by atoms with E-state index in [9.17, 15) is 0 Å². The fourth-order valence-corrected chi connectivity index (χ4v) is 2.44. The highest BCUT2D eigenvalue weighted by Crippen LogP contribution is 2.30. The van der Waals surface area contributed by atoms with Crippen molar-refractivity contribution in [3.63, 3.8) is 0 Å². The van der Waals surface area contributed by atoms with E-state index < -0.39 is 0 Å². The standard InChI is InChI=1S/C14H20Cl2N2/c1-10(2)7-8-18(12-4-5-12)9-11-3-6-13(15)17-14(11)16/h3,6,10,12H,4-5,7-9H2,1-2H3. The lowest BCUT2D eigenvalue weighted by atomic mass is 10.1. The van der Waals surface area contributed by atoms with Crippen LogP contribution in [0, 0.1) is 5.92 Å². The summed E-state index contributed by atoms with van der Waals surface area (Å²) in [5.41, 5.74) is 1.08. The molecule has 1 aromatic heterocycles. The minimum Gasteiger partial charge on any atom is -0.296 e. The first-order chi connectivity index (χ1) is 8.56. The number of pyridine rings is 1. The zero-order chi connectivity index (χ0) is 13.1. The summed E-state index contributed by atoms with van der Waals surface area (Å²) in [6.07, 6.45) is 3.86. The van der Waals surface area contributed by atoms with Gasteiger partial charge in [0, 0.05) is 18.2 Å². The molecule has 0 radical (unpaired) electrons. The van der Waals surface area contributed by atoms with Crippen LogP contribution in [0.4, 0.5) is 0 Å². The normalized spacial score (nSPS) is 15.7. The Balaban J connectivity index is 1.99. The van der Waals surface area contributed by atoms with Crippen molar-refractivity contribution in [3.05, 3.63) is 28.0 Å². The second-order valence-electron chi connectivity index (χ2n) is 5.47. The first kappa shape index (κ1) is 14.1. The summed E-state index contributed by atoms with van der Waals surface area (Å²) in [6.45, 7) is 6.56. The molecule has 0 unspecified atom stereocenters. The molecule has 0 aromatic carbocycles. The summed E-state index contributed by atoms with van der Waals surface area (Å²) < 4.78 is 0. The lowest BCUT2D eigenvalue weighted by molar-refractivity contribution is 0.239. The summed E-state index contributed by atoms with van der Waals surface area (Å²) in [6, 6.07) is 4.55. The van der Waals surface area contributed by atoms with Gasteiger partial charge in [0.2, 0.25) is 0 Å². The molecule has 1 saturated carbocycles. The Kier molecular flexibility index (Phi) is 4.88. The Morgan fingerprint density at radius 2 is 2.06 bits per heavy atom. The zero-order valence-electron chi connectivity index (χ0n) is 11.0. The highest BCUT2D eigenvalue weighted by molar-refractivity contribution is 6.32. The first-order valence-electron chi connectivity index (χ1n) is 6.61. The Morgan fingerprint density at radius 1 is 1.33 bits per heavy atom. The van der Waals surface area contributed by atoms with Crippen LogP contribution < -0.4 is 0 Å². The van der Waals surface area contributed by atoms with Gasteiger partial charge in [0.15, 0.2) is 0 Å². The molecule has 0 spiro atoms. The number of rotatable bonds is 6. The topological polar surface area (TPSA) is 16.1 Å². The van der Waals surface area contributed by atoms with Gasteiger partial charge < -0.3 is 0 Å². The molecule has 2 rings (SSSR count). The Hall–Kier alpha value is -0.310. The monoisotopic (exact) mass is 286 g/mol. The van der Waals surface area contributed by atoms with Crippen molar-refractivity contribution in [2.75, 3.05) is 6.54 Å². The van der Waals surface area contributed by atoms with Crippen LogP contribution in [0.1, 0.15) is 38.7 Å². The predicted molar refractivity (Wildman–Crippen MR) is 77.1 cm³/mol. The number of nitrogens with zero attached hydrogens (tertiary/aromatic N) is 2. The van der Waals surface area contributed by atoms with Crippen molar-refractivity contribution in [2.45, 2.75) is 45.7 Å². The molecule has 1 aromatic rings. The molecule has 0 saturated heterocycles. The van der Waals surface area contributed by atoms with E-state index in [0.29, 0.717) is 10.3 Å². The van der Waals surface area contributed by atoms with Crippen LogP contribution in [-0.2, 0) is 6.54 Å². The third kappa shape index (κ3) is 4.11. The second kappa shape index (κ2) is 6.23. The van der Waals surface area contributed by atoms with Crippen LogP contribution in [0.5, 0.6) is 0 Å². The average molecular weight is 287 g/mol. The van der Waals surface area contributed by atoms with Crippen LogP contribution in [0.25, 0.3) is 0 Å². The molecule has 0 N–H and O–H groups in total. The minimum absolute atomic E-state index is 0.462. The van der Waals surface area contributed by atoms with Crippen LogP contribution in [0.2, 0.25) is 10.3 Å². The van der Waals surface area contributed by atoms with E-state index in [4.69, 9.17) is 23.2 Å².